The molecular weight excluding hydrogens is 358 g/mol. The van der Waals surface area contributed by atoms with Crippen LogP contribution in [0.5, 0.6) is 5.75 Å². The summed E-state index contributed by atoms with van der Waals surface area (Å²) in [6, 6.07) is 10.8. The van der Waals surface area contributed by atoms with E-state index < -0.39 is 6.10 Å². The normalized spacial score (nSPS) is 13.3. The minimum Gasteiger partial charge on any atom is -0.491 e. The predicted molar refractivity (Wildman–Crippen MR) is 105 cm³/mol. The highest BCUT2D eigenvalue weighted by Crippen LogP contribution is 2.28. The first-order valence-corrected chi connectivity index (χ1v) is 9.20. The van der Waals surface area contributed by atoms with Crippen molar-refractivity contribution in [2.75, 3.05) is 34.3 Å². The van der Waals surface area contributed by atoms with Crippen molar-refractivity contribution in [1.29, 1.82) is 0 Å². The number of hydrogen-bond acceptors (Lipinski definition) is 4. The second-order valence-corrected chi connectivity index (χ2v) is 8.69. The highest BCUT2D eigenvalue weighted by molar-refractivity contribution is 7.24. The zero-order valence-corrected chi connectivity index (χ0v) is 16.0. The summed E-state index contributed by atoms with van der Waals surface area (Å²) in [6.07, 6.45) is -0.569. The van der Waals surface area contributed by atoms with Gasteiger partial charge in [0, 0.05) is 25.2 Å². The summed E-state index contributed by atoms with van der Waals surface area (Å²) >= 11 is 7.57. The zero-order valence-electron chi connectivity index (χ0n) is 14.5. The number of rotatable bonds is 5. The Balaban J connectivity index is 1.90. The molecule has 0 radical (unpaired) electrons. The van der Waals surface area contributed by atoms with Crippen molar-refractivity contribution in [3.8, 4) is 5.75 Å². The summed E-state index contributed by atoms with van der Waals surface area (Å²) < 4.78 is 8.16. The van der Waals surface area contributed by atoms with Gasteiger partial charge in [0.1, 0.15) is 25.0 Å². The van der Waals surface area contributed by atoms with Crippen LogP contribution >= 0.6 is 22.9 Å². The number of aliphatic hydroxyl groups excluding tert-OH is 1. The minimum absolute atomic E-state index is 0.0522. The molecule has 1 heterocycles. The summed E-state index contributed by atoms with van der Waals surface area (Å²) in [5.74, 6) is 0.582. The average Bonchev–Trinajstić information content (AvgIpc) is 2.52. The van der Waals surface area contributed by atoms with Crippen molar-refractivity contribution < 1.29 is 14.3 Å². The number of likely N-dealkylation sites (N-methyl/N-ethyl adjacent to an activating group) is 1. The standard InChI is InChI=1S/C19H21ClNO3S/c1-21(2,3)10-13(22)11-24-14-5-7-18-16(9-14)19(23)15-8-12(20)4-6-17(15)25-18/h4-9,13,22H,10-11H2,1-3H3/q+1. The lowest BCUT2D eigenvalue weighted by molar-refractivity contribution is -0.873. The van der Waals surface area contributed by atoms with Crippen LogP contribution in [-0.2, 0) is 0 Å². The molecule has 4 nitrogen and oxygen atoms in total. The lowest BCUT2D eigenvalue weighted by Gasteiger charge is -2.26. The van der Waals surface area contributed by atoms with Crippen LogP contribution in [0.3, 0.4) is 0 Å². The molecule has 0 fully saturated rings. The van der Waals surface area contributed by atoms with Gasteiger partial charge in [-0.15, -0.1) is 11.3 Å². The average molecular weight is 379 g/mol. The Morgan fingerprint density at radius 1 is 1.12 bits per heavy atom. The second-order valence-electron chi connectivity index (χ2n) is 7.17. The molecule has 0 amide bonds. The van der Waals surface area contributed by atoms with Crippen molar-refractivity contribution in [2.24, 2.45) is 0 Å². The molecule has 1 aromatic heterocycles. The van der Waals surface area contributed by atoms with Gasteiger partial charge >= 0.3 is 0 Å². The van der Waals surface area contributed by atoms with Gasteiger partial charge in [0.2, 0.25) is 0 Å². The van der Waals surface area contributed by atoms with E-state index in [0.717, 1.165) is 9.40 Å². The first-order valence-electron chi connectivity index (χ1n) is 8.00. The maximum Gasteiger partial charge on any atom is 0.196 e. The highest BCUT2D eigenvalue weighted by Gasteiger charge is 2.16. The van der Waals surface area contributed by atoms with Crippen molar-refractivity contribution in [3.05, 3.63) is 51.6 Å². The topological polar surface area (TPSA) is 46.5 Å². The third-order valence-electron chi connectivity index (χ3n) is 3.80. The number of nitrogens with zero attached hydrogens (tertiary/aromatic N) is 1. The molecule has 2 aromatic carbocycles. The number of quaternary nitrogens is 1. The van der Waals surface area contributed by atoms with E-state index in [2.05, 4.69) is 0 Å². The Morgan fingerprint density at radius 2 is 1.76 bits per heavy atom. The molecule has 6 heteroatoms. The molecule has 1 atom stereocenters. The summed E-state index contributed by atoms with van der Waals surface area (Å²) in [7, 11) is 6.04. The van der Waals surface area contributed by atoms with Crippen LogP contribution in [0.15, 0.2) is 41.2 Å². The monoisotopic (exact) mass is 378 g/mol. The van der Waals surface area contributed by atoms with Gasteiger partial charge in [0.05, 0.1) is 21.1 Å². The van der Waals surface area contributed by atoms with E-state index in [1.54, 1.807) is 29.5 Å². The predicted octanol–water partition coefficient (Wildman–Crippen LogP) is 3.51. The Kier molecular flexibility index (Phi) is 5.02. The molecule has 3 aromatic rings. The summed E-state index contributed by atoms with van der Waals surface area (Å²) in [5.41, 5.74) is -0.0522. The summed E-state index contributed by atoms with van der Waals surface area (Å²) in [6.45, 7) is 0.781. The van der Waals surface area contributed by atoms with Crippen LogP contribution < -0.4 is 10.2 Å². The molecule has 0 spiro atoms. The third kappa shape index (κ3) is 4.30. The molecule has 132 valence electrons. The molecule has 1 unspecified atom stereocenters. The Labute approximate surface area is 155 Å². The van der Waals surface area contributed by atoms with E-state index in [4.69, 9.17) is 16.3 Å². The molecule has 0 saturated heterocycles. The molecule has 0 aliphatic carbocycles. The number of benzene rings is 2. The fourth-order valence-electron chi connectivity index (χ4n) is 2.77. The summed E-state index contributed by atoms with van der Waals surface area (Å²) in [4.78, 5) is 12.8. The molecule has 0 aliphatic rings. The minimum atomic E-state index is -0.569. The van der Waals surface area contributed by atoms with E-state index >= 15 is 0 Å². The number of hydrogen-bond donors (Lipinski definition) is 1. The fourth-order valence-corrected chi connectivity index (χ4v) is 3.98. The molecule has 25 heavy (non-hydrogen) atoms. The second kappa shape index (κ2) is 6.92. The van der Waals surface area contributed by atoms with Gasteiger partial charge in [-0.05, 0) is 36.4 Å². The van der Waals surface area contributed by atoms with E-state index in [-0.39, 0.29) is 12.0 Å². The Morgan fingerprint density at radius 3 is 2.44 bits per heavy atom. The summed E-state index contributed by atoms with van der Waals surface area (Å²) in [5, 5.41) is 11.8. The van der Waals surface area contributed by atoms with Crippen molar-refractivity contribution in [3.63, 3.8) is 0 Å². The molecule has 0 aliphatic heterocycles. The van der Waals surface area contributed by atoms with Crippen molar-refractivity contribution in [2.45, 2.75) is 6.10 Å². The van der Waals surface area contributed by atoms with Crippen LogP contribution in [0.4, 0.5) is 0 Å². The van der Waals surface area contributed by atoms with E-state index in [1.807, 2.05) is 39.3 Å². The van der Waals surface area contributed by atoms with Gasteiger partial charge in [0.25, 0.3) is 0 Å². The molecular formula is C19H21ClNO3S+. The lowest BCUT2D eigenvalue weighted by atomic mass is 10.2. The lowest BCUT2D eigenvalue weighted by Crippen LogP contribution is -2.43. The maximum absolute atomic E-state index is 12.8. The van der Waals surface area contributed by atoms with Gasteiger partial charge < -0.3 is 14.3 Å². The molecule has 0 saturated carbocycles. The van der Waals surface area contributed by atoms with Crippen LogP contribution in [0.1, 0.15) is 0 Å². The van der Waals surface area contributed by atoms with Gasteiger partial charge in [-0.2, -0.15) is 0 Å². The van der Waals surface area contributed by atoms with Gasteiger partial charge in [-0.1, -0.05) is 11.6 Å². The van der Waals surface area contributed by atoms with Gasteiger partial charge in [-0.3, -0.25) is 4.79 Å². The Bertz CT molecular complexity index is 978. The van der Waals surface area contributed by atoms with Gasteiger partial charge in [-0.25, -0.2) is 0 Å². The number of halogens is 1. The quantitative estimate of drug-likeness (QED) is 0.546. The molecule has 3 rings (SSSR count). The number of aliphatic hydroxyl groups is 1. The third-order valence-corrected chi connectivity index (χ3v) is 5.19. The number of fused-ring (bicyclic) bond motifs is 2. The largest absolute Gasteiger partial charge is 0.491 e. The van der Waals surface area contributed by atoms with Crippen LogP contribution in [0.25, 0.3) is 20.2 Å². The van der Waals surface area contributed by atoms with Crippen LogP contribution in [-0.4, -0.2) is 50.0 Å². The Hall–Kier alpha value is -1.66. The smallest absolute Gasteiger partial charge is 0.196 e. The van der Waals surface area contributed by atoms with Crippen molar-refractivity contribution >= 4 is 43.1 Å². The SMILES string of the molecule is C[N+](C)(C)CC(O)COc1ccc2sc3ccc(Cl)cc3c(=O)c2c1. The van der Waals surface area contributed by atoms with Crippen LogP contribution in [0.2, 0.25) is 5.02 Å². The fraction of sp³-hybridized carbons (Fsp3) is 0.316. The zero-order chi connectivity index (χ0) is 18.2. The van der Waals surface area contributed by atoms with E-state index in [9.17, 15) is 9.90 Å². The first kappa shape index (κ1) is 18.1. The van der Waals surface area contributed by atoms with E-state index in [0.29, 0.717) is 32.6 Å². The first-order chi connectivity index (χ1) is 11.7. The maximum atomic E-state index is 12.8. The van der Waals surface area contributed by atoms with Crippen molar-refractivity contribution in [1.82, 2.24) is 0 Å². The van der Waals surface area contributed by atoms with E-state index in [1.165, 1.54) is 0 Å². The number of ether oxygens (including phenoxy) is 1. The van der Waals surface area contributed by atoms with Gasteiger partial charge in [0.15, 0.2) is 5.43 Å². The molecule has 1 N–H and O–H groups in total. The molecule has 0 bridgehead atoms. The van der Waals surface area contributed by atoms with Crippen LogP contribution in [0, 0.1) is 0 Å². The highest BCUT2D eigenvalue weighted by atomic mass is 35.5.